The summed E-state index contributed by atoms with van der Waals surface area (Å²) >= 11 is 1.55. The Hall–Kier alpha value is -3.00. The van der Waals surface area contributed by atoms with Crippen LogP contribution in [0.25, 0.3) is 10.2 Å². The molecule has 0 unspecified atom stereocenters. The fraction of sp³-hybridized carbons (Fsp3) is 0.125. The van der Waals surface area contributed by atoms with Gasteiger partial charge in [-0.05, 0) is 30.3 Å². The summed E-state index contributed by atoms with van der Waals surface area (Å²) in [5.41, 5.74) is 4.28. The summed E-state index contributed by atoms with van der Waals surface area (Å²) in [7, 11) is 1.28. The molecule has 122 valence electrons. The Morgan fingerprint density at radius 2 is 2.08 bits per heavy atom. The van der Waals surface area contributed by atoms with Gasteiger partial charge in [-0.3, -0.25) is 9.78 Å². The summed E-state index contributed by atoms with van der Waals surface area (Å²) in [6.45, 7) is 0.179. The summed E-state index contributed by atoms with van der Waals surface area (Å²) < 4.78 is 5.56. The number of methoxy groups -OCH3 is 1. The summed E-state index contributed by atoms with van der Waals surface area (Å²) in [5.74, 6) is -0.258. The van der Waals surface area contributed by atoms with E-state index in [1.807, 2.05) is 18.2 Å². The van der Waals surface area contributed by atoms with Crippen molar-refractivity contribution in [2.45, 2.75) is 6.54 Å². The van der Waals surface area contributed by atoms with Gasteiger partial charge in [0.2, 0.25) is 0 Å². The van der Waals surface area contributed by atoms with E-state index in [1.54, 1.807) is 29.0 Å². The first kappa shape index (κ1) is 15.9. The van der Waals surface area contributed by atoms with Gasteiger partial charge in [0.25, 0.3) is 5.91 Å². The monoisotopic (exact) mass is 342 g/mol. The number of amides is 2. The maximum absolute atomic E-state index is 12.4. The highest BCUT2D eigenvalue weighted by Gasteiger charge is 2.09. The highest BCUT2D eigenvalue weighted by molar-refractivity contribution is 7.16. The van der Waals surface area contributed by atoms with Crippen molar-refractivity contribution in [3.63, 3.8) is 0 Å². The first-order valence-electron chi connectivity index (χ1n) is 7.07. The molecule has 8 heteroatoms. The fourth-order valence-corrected chi connectivity index (χ4v) is 2.75. The van der Waals surface area contributed by atoms with Gasteiger partial charge in [0.05, 0.1) is 35.1 Å². The first-order chi connectivity index (χ1) is 11.7. The number of pyridine rings is 1. The fourth-order valence-electron chi connectivity index (χ4n) is 2.09. The number of ether oxygens (including phenoxy) is 1. The van der Waals surface area contributed by atoms with Crippen molar-refractivity contribution in [2.75, 3.05) is 12.4 Å². The van der Waals surface area contributed by atoms with Crippen LogP contribution >= 0.6 is 11.3 Å². The summed E-state index contributed by atoms with van der Waals surface area (Å²) in [6, 6.07) is 8.80. The first-order valence-corrected chi connectivity index (χ1v) is 7.95. The van der Waals surface area contributed by atoms with E-state index < -0.39 is 6.09 Å². The molecule has 1 aromatic carbocycles. The number of thiazole rings is 1. The van der Waals surface area contributed by atoms with Crippen molar-refractivity contribution in [3.05, 3.63) is 53.3 Å². The molecule has 0 radical (unpaired) electrons. The lowest BCUT2D eigenvalue weighted by molar-refractivity contribution is 0.102. The molecule has 7 nitrogen and oxygen atoms in total. The predicted octanol–water partition coefficient (Wildman–Crippen LogP) is 2.80. The molecule has 0 saturated carbocycles. The third-order valence-corrected chi connectivity index (χ3v) is 4.08. The van der Waals surface area contributed by atoms with Crippen molar-refractivity contribution in [1.29, 1.82) is 0 Å². The van der Waals surface area contributed by atoms with E-state index >= 15 is 0 Å². The molecule has 0 fully saturated rings. The second-order valence-electron chi connectivity index (χ2n) is 4.87. The molecule has 2 amide bonds. The van der Waals surface area contributed by atoms with Gasteiger partial charge in [-0.15, -0.1) is 11.3 Å². The van der Waals surface area contributed by atoms with Gasteiger partial charge in [-0.2, -0.15) is 0 Å². The van der Waals surface area contributed by atoms with Crippen molar-refractivity contribution in [1.82, 2.24) is 15.3 Å². The number of rotatable bonds is 4. The van der Waals surface area contributed by atoms with Crippen LogP contribution in [0, 0.1) is 0 Å². The Balaban J connectivity index is 1.71. The van der Waals surface area contributed by atoms with Gasteiger partial charge in [0.1, 0.15) is 0 Å². The van der Waals surface area contributed by atoms with E-state index in [2.05, 4.69) is 25.3 Å². The summed E-state index contributed by atoms with van der Waals surface area (Å²) in [4.78, 5) is 31.8. The van der Waals surface area contributed by atoms with E-state index in [1.165, 1.54) is 13.3 Å². The van der Waals surface area contributed by atoms with Crippen LogP contribution in [0.4, 0.5) is 10.5 Å². The van der Waals surface area contributed by atoms with Gasteiger partial charge in [-0.1, -0.05) is 0 Å². The Kier molecular flexibility index (Phi) is 4.66. The second kappa shape index (κ2) is 7.05. The zero-order chi connectivity index (χ0) is 16.9. The Morgan fingerprint density at radius 1 is 1.21 bits per heavy atom. The van der Waals surface area contributed by atoms with Gasteiger partial charge >= 0.3 is 6.09 Å². The third kappa shape index (κ3) is 3.66. The van der Waals surface area contributed by atoms with Crippen molar-refractivity contribution < 1.29 is 14.3 Å². The summed E-state index contributed by atoms with van der Waals surface area (Å²) in [6.07, 6.45) is 0.968. The molecule has 0 saturated heterocycles. The van der Waals surface area contributed by atoms with Crippen LogP contribution < -0.4 is 10.6 Å². The number of carbonyl (C=O) groups excluding carboxylic acids is 2. The zero-order valence-electron chi connectivity index (χ0n) is 12.8. The molecule has 2 N–H and O–H groups in total. The van der Waals surface area contributed by atoms with Crippen LogP contribution in [0.1, 0.15) is 16.1 Å². The number of anilines is 1. The topological polar surface area (TPSA) is 93.2 Å². The highest BCUT2D eigenvalue weighted by Crippen LogP contribution is 2.21. The Labute approximate surface area is 141 Å². The molecular weight excluding hydrogens is 328 g/mol. The molecule has 0 aliphatic rings. The third-order valence-electron chi connectivity index (χ3n) is 3.27. The van der Waals surface area contributed by atoms with Crippen LogP contribution in [0.15, 0.2) is 42.0 Å². The SMILES string of the molecule is COC(=O)NCc1cc(C(=O)Nc2ccc3scnc3c2)ccn1. The van der Waals surface area contributed by atoms with Crippen LogP contribution in [-0.4, -0.2) is 29.1 Å². The largest absolute Gasteiger partial charge is 0.453 e. The van der Waals surface area contributed by atoms with Crippen molar-refractivity contribution >= 4 is 39.2 Å². The molecule has 2 heterocycles. The van der Waals surface area contributed by atoms with E-state index in [-0.39, 0.29) is 12.5 Å². The maximum Gasteiger partial charge on any atom is 0.407 e. The molecular formula is C16H14N4O3S. The zero-order valence-corrected chi connectivity index (χ0v) is 13.6. The number of hydrogen-bond acceptors (Lipinski definition) is 6. The normalized spacial score (nSPS) is 10.4. The molecule has 3 rings (SSSR count). The van der Waals surface area contributed by atoms with Gasteiger partial charge in [0.15, 0.2) is 0 Å². The lowest BCUT2D eigenvalue weighted by atomic mass is 10.2. The molecule has 24 heavy (non-hydrogen) atoms. The smallest absolute Gasteiger partial charge is 0.407 e. The van der Waals surface area contributed by atoms with Crippen LogP contribution in [0.5, 0.6) is 0 Å². The van der Waals surface area contributed by atoms with Crippen molar-refractivity contribution in [3.8, 4) is 0 Å². The number of nitrogens with one attached hydrogen (secondary N) is 2. The minimum atomic E-state index is -0.553. The van der Waals surface area contributed by atoms with E-state index in [0.29, 0.717) is 16.9 Å². The number of carbonyl (C=O) groups is 2. The van der Waals surface area contributed by atoms with Crippen LogP contribution in [-0.2, 0) is 11.3 Å². The van der Waals surface area contributed by atoms with Crippen molar-refractivity contribution in [2.24, 2.45) is 0 Å². The molecule has 3 aromatic rings. The molecule has 0 aliphatic carbocycles. The average molecular weight is 342 g/mol. The second-order valence-corrected chi connectivity index (χ2v) is 5.76. The molecule has 0 spiro atoms. The number of aromatic nitrogens is 2. The molecule has 0 aliphatic heterocycles. The Morgan fingerprint density at radius 3 is 2.92 bits per heavy atom. The van der Waals surface area contributed by atoms with E-state index in [4.69, 9.17) is 0 Å². The lowest BCUT2D eigenvalue weighted by Crippen LogP contribution is -2.23. The van der Waals surface area contributed by atoms with Gasteiger partial charge in [0, 0.05) is 17.4 Å². The van der Waals surface area contributed by atoms with Gasteiger partial charge < -0.3 is 15.4 Å². The number of alkyl carbamates (subject to hydrolysis) is 1. The highest BCUT2D eigenvalue weighted by atomic mass is 32.1. The molecule has 0 bridgehead atoms. The number of nitrogens with zero attached hydrogens (tertiary/aromatic N) is 2. The average Bonchev–Trinajstić information content (AvgIpc) is 3.07. The minimum Gasteiger partial charge on any atom is -0.453 e. The number of fused-ring (bicyclic) bond motifs is 1. The quantitative estimate of drug-likeness (QED) is 0.760. The number of hydrogen-bond donors (Lipinski definition) is 2. The van der Waals surface area contributed by atoms with Gasteiger partial charge in [-0.25, -0.2) is 9.78 Å². The Bertz CT molecular complexity index is 894. The maximum atomic E-state index is 12.4. The molecule has 2 aromatic heterocycles. The summed E-state index contributed by atoms with van der Waals surface area (Å²) in [5, 5.41) is 5.35. The number of benzene rings is 1. The molecule has 0 atom stereocenters. The predicted molar refractivity (Wildman–Crippen MR) is 91.1 cm³/mol. The standard InChI is InChI=1S/C16H14N4O3S/c1-23-16(22)18-8-12-6-10(4-5-17-12)15(21)20-11-2-3-14-13(7-11)19-9-24-14/h2-7,9H,8H2,1H3,(H,18,22)(H,20,21). The lowest BCUT2D eigenvalue weighted by Gasteiger charge is -2.07. The van der Waals surface area contributed by atoms with Crippen LogP contribution in [0.2, 0.25) is 0 Å². The van der Waals surface area contributed by atoms with E-state index in [9.17, 15) is 9.59 Å². The minimum absolute atomic E-state index is 0.179. The van der Waals surface area contributed by atoms with Crippen LogP contribution in [0.3, 0.4) is 0 Å². The van der Waals surface area contributed by atoms with E-state index in [0.717, 1.165) is 10.2 Å².